The van der Waals surface area contributed by atoms with Gasteiger partial charge < -0.3 is 5.11 Å². The molecular formula is C15H29NO. The smallest absolute Gasteiger partial charge is 0.0555 e. The number of rotatable bonds is 3. The Bertz CT molecular complexity index is 223. The van der Waals surface area contributed by atoms with Crippen molar-refractivity contribution < 1.29 is 5.11 Å². The zero-order valence-electron chi connectivity index (χ0n) is 11.6. The number of nitrogens with zero attached hydrogens (tertiary/aromatic N) is 1. The Kier molecular flexibility index (Phi) is 4.87. The van der Waals surface area contributed by atoms with Crippen LogP contribution in [-0.2, 0) is 0 Å². The van der Waals surface area contributed by atoms with Crippen molar-refractivity contribution in [2.45, 2.75) is 70.9 Å². The molecule has 0 aromatic carbocycles. The van der Waals surface area contributed by atoms with Gasteiger partial charge in [0, 0.05) is 6.04 Å². The van der Waals surface area contributed by atoms with Gasteiger partial charge in [-0.2, -0.15) is 0 Å². The lowest BCUT2D eigenvalue weighted by molar-refractivity contribution is 0.0102. The third-order valence-corrected chi connectivity index (χ3v) is 4.88. The van der Waals surface area contributed by atoms with Gasteiger partial charge >= 0.3 is 0 Å². The van der Waals surface area contributed by atoms with E-state index in [1.54, 1.807) is 0 Å². The molecule has 2 aliphatic rings. The first-order valence-corrected chi connectivity index (χ1v) is 7.62. The molecule has 2 rings (SSSR count). The van der Waals surface area contributed by atoms with E-state index in [9.17, 15) is 5.11 Å². The van der Waals surface area contributed by atoms with Crippen LogP contribution in [0.15, 0.2) is 0 Å². The quantitative estimate of drug-likeness (QED) is 0.818. The fourth-order valence-electron chi connectivity index (χ4n) is 3.70. The third kappa shape index (κ3) is 3.45. The second-order valence-corrected chi connectivity index (χ2v) is 6.30. The molecule has 0 bridgehead atoms. The average molecular weight is 239 g/mol. The van der Waals surface area contributed by atoms with E-state index in [1.807, 2.05) is 0 Å². The van der Waals surface area contributed by atoms with Crippen LogP contribution in [0, 0.1) is 11.8 Å². The Morgan fingerprint density at radius 2 is 1.82 bits per heavy atom. The monoisotopic (exact) mass is 239 g/mol. The molecule has 1 aliphatic heterocycles. The van der Waals surface area contributed by atoms with Crippen LogP contribution >= 0.6 is 0 Å². The maximum absolute atomic E-state index is 9.92. The van der Waals surface area contributed by atoms with Gasteiger partial charge in [0.25, 0.3) is 0 Å². The lowest BCUT2D eigenvalue weighted by atomic mass is 9.78. The Morgan fingerprint density at radius 3 is 2.47 bits per heavy atom. The van der Waals surface area contributed by atoms with Crippen LogP contribution in [0.4, 0.5) is 0 Å². The second-order valence-electron chi connectivity index (χ2n) is 6.30. The summed E-state index contributed by atoms with van der Waals surface area (Å²) in [5.41, 5.74) is 0. The predicted octanol–water partition coefficient (Wildman–Crippen LogP) is 3.05. The summed E-state index contributed by atoms with van der Waals surface area (Å²) in [5, 5.41) is 9.92. The molecule has 1 N–H and O–H groups in total. The van der Waals surface area contributed by atoms with Crippen molar-refractivity contribution in [3.63, 3.8) is 0 Å². The van der Waals surface area contributed by atoms with E-state index in [-0.39, 0.29) is 6.10 Å². The predicted molar refractivity (Wildman–Crippen MR) is 72.0 cm³/mol. The molecule has 100 valence electrons. The largest absolute Gasteiger partial charge is 0.393 e. The maximum atomic E-state index is 9.92. The molecule has 2 nitrogen and oxygen atoms in total. The molecule has 2 fully saturated rings. The lowest BCUT2D eigenvalue weighted by Gasteiger charge is -2.44. The van der Waals surface area contributed by atoms with Crippen molar-refractivity contribution in [1.29, 1.82) is 0 Å². The fourth-order valence-corrected chi connectivity index (χ4v) is 3.70. The van der Waals surface area contributed by atoms with E-state index in [0.29, 0.717) is 6.04 Å². The minimum Gasteiger partial charge on any atom is -0.393 e. The van der Waals surface area contributed by atoms with Crippen molar-refractivity contribution in [2.24, 2.45) is 11.8 Å². The molecule has 2 heteroatoms. The van der Waals surface area contributed by atoms with Gasteiger partial charge in [0.15, 0.2) is 0 Å². The Labute approximate surface area is 106 Å². The van der Waals surface area contributed by atoms with Crippen LogP contribution in [0.5, 0.6) is 0 Å². The second kappa shape index (κ2) is 6.19. The lowest BCUT2D eigenvalue weighted by Crippen LogP contribution is -2.48. The minimum absolute atomic E-state index is 0.0348. The van der Waals surface area contributed by atoms with Crippen molar-refractivity contribution in [3.05, 3.63) is 0 Å². The zero-order chi connectivity index (χ0) is 12.3. The molecule has 0 radical (unpaired) electrons. The molecule has 1 heterocycles. The average Bonchev–Trinajstić information content (AvgIpc) is 2.33. The summed E-state index contributed by atoms with van der Waals surface area (Å²) in [4.78, 5) is 2.68. The molecule has 0 aromatic rings. The summed E-state index contributed by atoms with van der Waals surface area (Å²) < 4.78 is 0. The summed E-state index contributed by atoms with van der Waals surface area (Å²) >= 11 is 0. The topological polar surface area (TPSA) is 23.5 Å². The molecule has 0 amide bonds. The number of aliphatic hydroxyl groups is 1. The highest BCUT2D eigenvalue weighted by Gasteiger charge is 2.34. The summed E-state index contributed by atoms with van der Waals surface area (Å²) in [6.07, 6.45) is 8.62. The maximum Gasteiger partial charge on any atom is 0.0555 e. The van der Waals surface area contributed by atoms with E-state index >= 15 is 0 Å². The highest BCUT2D eigenvalue weighted by Crippen LogP contribution is 2.33. The van der Waals surface area contributed by atoms with Gasteiger partial charge in [-0.3, -0.25) is 4.90 Å². The van der Waals surface area contributed by atoms with Crippen LogP contribution < -0.4 is 0 Å². The van der Waals surface area contributed by atoms with Crippen molar-refractivity contribution >= 4 is 0 Å². The van der Waals surface area contributed by atoms with E-state index in [4.69, 9.17) is 0 Å². The van der Waals surface area contributed by atoms with E-state index < -0.39 is 0 Å². The van der Waals surface area contributed by atoms with Gasteiger partial charge in [-0.05, 0) is 63.5 Å². The van der Waals surface area contributed by atoms with E-state index in [0.717, 1.165) is 24.7 Å². The summed E-state index contributed by atoms with van der Waals surface area (Å²) in [6.45, 7) is 7.19. The Hall–Kier alpha value is -0.0800. The molecule has 0 aromatic heterocycles. The van der Waals surface area contributed by atoms with E-state index in [1.165, 1.54) is 45.2 Å². The van der Waals surface area contributed by atoms with Gasteiger partial charge in [-0.15, -0.1) is 0 Å². The van der Waals surface area contributed by atoms with E-state index in [2.05, 4.69) is 18.7 Å². The Morgan fingerprint density at radius 1 is 1.12 bits per heavy atom. The van der Waals surface area contributed by atoms with Crippen molar-refractivity contribution in [3.8, 4) is 0 Å². The van der Waals surface area contributed by atoms with Crippen molar-refractivity contribution in [2.75, 3.05) is 13.1 Å². The van der Waals surface area contributed by atoms with Gasteiger partial charge in [-0.1, -0.05) is 20.3 Å². The summed E-state index contributed by atoms with van der Waals surface area (Å²) in [7, 11) is 0. The van der Waals surface area contributed by atoms with Gasteiger partial charge in [0.1, 0.15) is 0 Å². The van der Waals surface area contributed by atoms with Crippen LogP contribution in [0.2, 0.25) is 0 Å². The molecular weight excluding hydrogens is 210 g/mol. The highest BCUT2D eigenvalue weighted by molar-refractivity contribution is 4.88. The highest BCUT2D eigenvalue weighted by atomic mass is 16.3. The number of aliphatic hydroxyl groups excluding tert-OH is 1. The van der Waals surface area contributed by atoms with Gasteiger partial charge in [0.2, 0.25) is 0 Å². The standard InChI is InChI=1S/C15H29NO/c1-3-4-13-5-6-14(17)11-15(13)16-9-7-12(2)8-10-16/h12-15,17H,3-11H2,1-2H3. The number of piperidine rings is 1. The number of hydrogen-bond acceptors (Lipinski definition) is 2. The summed E-state index contributed by atoms with van der Waals surface area (Å²) in [6, 6.07) is 0.672. The van der Waals surface area contributed by atoms with Gasteiger partial charge in [0.05, 0.1) is 6.10 Å². The first-order chi connectivity index (χ1) is 8.20. The summed E-state index contributed by atoms with van der Waals surface area (Å²) in [5.74, 6) is 1.75. The third-order valence-electron chi connectivity index (χ3n) is 4.88. The molecule has 1 saturated carbocycles. The first kappa shape index (κ1) is 13.4. The molecule has 17 heavy (non-hydrogen) atoms. The molecule has 0 spiro atoms. The van der Waals surface area contributed by atoms with Crippen LogP contribution in [0.1, 0.15) is 58.8 Å². The van der Waals surface area contributed by atoms with Crippen molar-refractivity contribution in [1.82, 2.24) is 4.90 Å². The van der Waals surface area contributed by atoms with Gasteiger partial charge in [-0.25, -0.2) is 0 Å². The Balaban J connectivity index is 1.94. The van der Waals surface area contributed by atoms with Crippen LogP contribution in [-0.4, -0.2) is 35.2 Å². The minimum atomic E-state index is -0.0348. The molecule has 1 aliphatic carbocycles. The zero-order valence-corrected chi connectivity index (χ0v) is 11.6. The first-order valence-electron chi connectivity index (χ1n) is 7.62. The van der Waals surface area contributed by atoms with Crippen LogP contribution in [0.25, 0.3) is 0 Å². The normalized spacial score (nSPS) is 37.2. The van der Waals surface area contributed by atoms with Crippen LogP contribution in [0.3, 0.4) is 0 Å². The number of hydrogen-bond donors (Lipinski definition) is 1. The molecule has 3 unspecified atom stereocenters. The number of likely N-dealkylation sites (tertiary alicyclic amines) is 1. The SMILES string of the molecule is CCCC1CCC(O)CC1N1CCC(C)CC1. The molecule has 1 saturated heterocycles. The fraction of sp³-hybridized carbons (Fsp3) is 1.00. The molecule has 3 atom stereocenters.